The lowest BCUT2D eigenvalue weighted by atomic mass is 10.2. The Bertz CT molecular complexity index is 586. The summed E-state index contributed by atoms with van der Waals surface area (Å²) in [5, 5.41) is 0. The third-order valence-corrected chi connectivity index (χ3v) is 3.64. The Morgan fingerprint density at radius 1 is 1.19 bits per heavy atom. The Morgan fingerprint density at radius 2 is 2.00 bits per heavy atom. The average molecular weight is 282 g/mol. The van der Waals surface area contributed by atoms with E-state index in [1.54, 1.807) is 12.3 Å². The van der Waals surface area contributed by atoms with Crippen molar-refractivity contribution in [3.05, 3.63) is 66.0 Å². The quantitative estimate of drug-likeness (QED) is 0.865. The SMILES string of the molecule is O=C(c1ccccn1)N1CCC(OCc2ccccc2)C1. The van der Waals surface area contributed by atoms with Crippen LogP contribution in [0.2, 0.25) is 0 Å². The van der Waals surface area contributed by atoms with E-state index in [0.717, 1.165) is 18.5 Å². The topological polar surface area (TPSA) is 42.4 Å². The van der Waals surface area contributed by atoms with Gasteiger partial charge in [0.2, 0.25) is 0 Å². The fourth-order valence-electron chi connectivity index (χ4n) is 2.49. The lowest BCUT2D eigenvalue weighted by Gasteiger charge is -2.16. The van der Waals surface area contributed by atoms with Gasteiger partial charge in [0.25, 0.3) is 5.91 Å². The Labute approximate surface area is 124 Å². The van der Waals surface area contributed by atoms with E-state index in [2.05, 4.69) is 4.98 Å². The molecule has 0 spiro atoms. The monoisotopic (exact) mass is 282 g/mol. The van der Waals surface area contributed by atoms with Gasteiger partial charge in [0.05, 0.1) is 12.7 Å². The highest BCUT2D eigenvalue weighted by Crippen LogP contribution is 2.16. The maximum Gasteiger partial charge on any atom is 0.272 e. The van der Waals surface area contributed by atoms with Crippen LogP contribution in [-0.4, -0.2) is 35.0 Å². The van der Waals surface area contributed by atoms with E-state index < -0.39 is 0 Å². The molecule has 0 aliphatic carbocycles. The third-order valence-electron chi connectivity index (χ3n) is 3.64. The van der Waals surface area contributed by atoms with Crippen LogP contribution in [0.25, 0.3) is 0 Å². The second kappa shape index (κ2) is 6.50. The largest absolute Gasteiger partial charge is 0.372 e. The van der Waals surface area contributed by atoms with E-state index >= 15 is 0 Å². The highest BCUT2D eigenvalue weighted by atomic mass is 16.5. The summed E-state index contributed by atoms with van der Waals surface area (Å²) < 4.78 is 5.89. The van der Waals surface area contributed by atoms with Crippen molar-refractivity contribution in [3.8, 4) is 0 Å². The minimum absolute atomic E-state index is 0.0126. The van der Waals surface area contributed by atoms with E-state index in [9.17, 15) is 4.79 Å². The first-order valence-electron chi connectivity index (χ1n) is 7.19. The number of nitrogens with zero attached hydrogens (tertiary/aromatic N) is 2. The zero-order chi connectivity index (χ0) is 14.5. The number of carbonyl (C=O) groups excluding carboxylic acids is 1. The van der Waals surface area contributed by atoms with Crippen LogP contribution in [0.5, 0.6) is 0 Å². The van der Waals surface area contributed by atoms with Gasteiger partial charge in [-0.05, 0) is 24.1 Å². The summed E-state index contributed by atoms with van der Waals surface area (Å²) in [6.07, 6.45) is 2.64. The Hall–Kier alpha value is -2.20. The number of hydrogen-bond acceptors (Lipinski definition) is 3. The molecule has 1 atom stereocenters. The maximum absolute atomic E-state index is 12.3. The Kier molecular flexibility index (Phi) is 4.26. The van der Waals surface area contributed by atoms with Crippen LogP contribution in [0.4, 0.5) is 0 Å². The normalized spacial score (nSPS) is 17.9. The summed E-state index contributed by atoms with van der Waals surface area (Å²) in [5.41, 5.74) is 1.66. The van der Waals surface area contributed by atoms with E-state index in [0.29, 0.717) is 18.8 Å². The van der Waals surface area contributed by atoms with E-state index in [1.165, 1.54) is 0 Å². The van der Waals surface area contributed by atoms with Gasteiger partial charge in [-0.15, -0.1) is 0 Å². The van der Waals surface area contributed by atoms with Crippen molar-refractivity contribution >= 4 is 5.91 Å². The minimum atomic E-state index is -0.0126. The zero-order valence-corrected chi connectivity index (χ0v) is 11.8. The average Bonchev–Trinajstić information content (AvgIpc) is 3.03. The molecule has 2 heterocycles. The molecular weight excluding hydrogens is 264 g/mol. The van der Waals surface area contributed by atoms with E-state index in [1.807, 2.05) is 47.4 Å². The molecule has 1 fully saturated rings. The number of carbonyl (C=O) groups is 1. The summed E-state index contributed by atoms with van der Waals surface area (Å²) >= 11 is 0. The van der Waals surface area contributed by atoms with Gasteiger partial charge in [0.1, 0.15) is 5.69 Å². The van der Waals surface area contributed by atoms with E-state index in [4.69, 9.17) is 4.74 Å². The van der Waals surface area contributed by atoms with Crippen LogP contribution < -0.4 is 0 Å². The van der Waals surface area contributed by atoms with Gasteiger partial charge in [-0.3, -0.25) is 9.78 Å². The van der Waals surface area contributed by atoms with Crippen LogP contribution in [-0.2, 0) is 11.3 Å². The smallest absolute Gasteiger partial charge is 0.272 e. The molecule has 3 rings (SSSR count). The molecule has 0 saturated carbocycles. The van der Waals surface area contributed by atoms with Crippen LogP contribution in [0.15, 0.2) is 54.7 Å². The second-order valence-corrected chi connectivity index (χ2v) is 5.17. The lowest BCUT2D eigenvalue weighted by Crippen LogP contribution is -2.30. The summed E-state index contributed by atoms with van der Waals surface area (Å²) in [6, 6.07) is 15.5. The third kappa shape index (κ3) is 3.47. The van der Waals surface area contributed by atoms with Crippen molar-refractivity contribution in [2.24, 2.45) is 0 Å². The highest BCUT2D eigenvalue weighted by Gasteiger charge is 2.27. The number of amides is 1. The highest BCUT2D eigenvalue weighted by molar-refractivity contribution is 5.92. The molecule has 1 amide bonds. The van der Waals surface area contributed by atoms with Crippen LogP contribution in [0.3, 0.4) is 0 Å². The van der Waals surface area contributed by atoms with Crippen molar-refractivity contribution in [1.82, 2.24) is 9.88 Å². The van der Waals surface area contributed by atoms with Crippen molar-refractivity contribution < 1.29 is 9.53 Å². The molecule has 1 aliphatic heterocycles. The lowest BCUT2D eigenvalue weighted by molar-refractivity contribution is 0.0436. The van der Waals surface area contributed by atoms with Crippen LogP contribution in [0, 0.1) is 0 Å². The Morgan fingerprint density at radius 3 is 2.76 bits per heavy atom. The summed E-state index contributed by atoms with van der Waals surface area (Å²) in [4.78, 5) is 18.2. The van der Waals surface area contributed by atoms with Gasteiger partial charge in [-0.1, -0.05) is 36.4 Å². The Balaban J connectivity index is 1.53. The van der Waals surface area contributed by atoms with Gasteiger partial charge in [0.15, 0.2) is 0 Å². The molecule has 1 saturated heterocycles. The van der Waals surface area contributed by atoms with Crippen molar-refractivity contribution in [2.75, 3.05) is 13.1 Å². The van der Waals surface area contributed by atoms with Gasteiger partial charge in [-0.25, -0.2) is 0 Å². The van der Waals surface area contributed by atoms with Crippen LogP contribution >= 0.6 is 0 Å². The number of hydrogen-bond donors (Lipinski definition) is 0. The molecule has 4 heteroatoms. The molecular formula is C17H18N2O2. The molecule has 1 aliphatic rings. The molecule has 21 heavy (non-hydrogen) atoms. The molecule has 1 aromatic carbocycles. The van der Waals surface area contributed by atoms with Gasteiger partial charge in [0, 0.05) is 19.3 Å². The zero-order valence-electron chi connectivity index (χ0n) is 11.8. The number of pyridine rings is 1. The summed E-state index contributed by atoms with van der Waals surface area (Å²) in [5.74, 6) is -0.0126. The van der Waals surface area contributed by atoms with E-state index in [-0.39, 0.29) is 12.0 Å². The van der Waals surface area contributed by atoms with Crippen molar-refractivity contribution in [1.29, 1.82) is 0 Å². The summed E-state index contributed by atoms with van der Waals surface area (Å²) in [7, 11) is 0. The second-order valence-electron chi connectivity index (χ2n) is 5.17. The molecule has 1 unspecified atom stereocenters. The van der Waals surface area contributed by atoms with Crippen LogP contribution in [0.1, 0.15) is 22.5 Å². The van der Waals surface area contributed by atoms with Gasteiger partial charge >= 0.3 is 0 Å². The molecule has 0 bridgehead atoms. The summed E-state index contributed by atoms with van der Waals surface area (Å²) in [6.45, 7) is 1.97. The first kappa shape index (κ1) is 13.8. The van der Waals surface area contributed by atoms with Gasteiger partial charge < -0.3 is 9.64 Å². The first-order valence-corrected chi connectivity index (χ1v) is 7.19. The number of ether oxygens (including phenoxy) is 1. The van der Waals surface area contributed by atoms with Crippen molar-refractivity contribution in [2.45, 2.75) is 19.1 Å². The van der Waals surface area contributed by atoms with Gasteiger partial charge in [-0.2, -0.15) is 0 Å². The maximum atomic E-state index is 12.3. The van der Waals surface area contributed by atoms with Crippen molar-refractivity contribution in [3.63, 3.8) is 0 Å². The number of benzene rings is 1. The fourth-order valence-corrected chi connectivity index (χ4v) is 2.49. The number of rotatable bonds is 4. The number of aromatic nitrogens is 1. The first-order chi connectivity index (χ1) is 10.3. The molecule has 2 aromatic rings. The molecule has 1 aromatic heterocycles. The molecule has 108 valence electrons. The predicted octanol–water partition coefficient (Wildman–Crippen LogP) is 2.51. The predicted molar refractivity (Wildman–Crippen MR) is 79.8 cm³/mol. The molecule has 0 radical (unpaired) electrons. The fraction of sp³-hybridized carbons (Fsp3) is 0.294. The minimum Gasteiger partial charge on any atom is -0.372 e. The standard InChI is InChI=1S/C17H18N2O2/c20-17(16-8-4-5-10-18-16)19-11-9-15(12-19)21-13-14-6-2-1-3-7-14/h1-8,10,15H,9,11-13H2. The molecule has 0 N–H and O–H groups in total. The molecule has 4 nitrogen and oxygen atoms in total. The number of likely N-dealkylation sites (tertiary alicyclic amines) is 1.